The van der Waals surface area contributed by atoms with Crippen LogP contribution in [-0.4, -0.2) is 19.1 Å². The van der Waals surface area contributed by atoms with Crippen molar-refractivity contribution in [1.82, 2.24) is 0 Å². The standard InChI is InChI=1S/C19H22ClNO3/c1-4-8-23-16-7-5-6-15(11-16)21-18(22)12-24-17-9-13(2)19(20)14(3)10-17/h5-7,9-11H,4,8,12H2,1-3H3,(H,21,22). The van der Waals surface area contributed by atoms with Crippen molar-refractivity contribution in [2.24, 2.45) is 0 Å². The number of carbonyl (C=O) groups is 1. The van der Waals surface area contributed by atoms with Gasteiger partial charge in [0.1, 0.15) is 11.5 Å². The summed E-state index contributed by atoms with van der Waals surface area (Å²) in [4.78, 5) is 12.0. The van der Waals surface area contributed by atoms with Crippen LogP contribution in [0, 0.1) is 13.8 Å². The van der Waals surface area contributed by atoms with Crippen molar-refractivity contribution in [2.45, 2.75) is 27.2 Å². The minimum absolute atomic E-state index is 0.0689. The number of carbonyl (C=O) groups excluding carboxylic acids is 1. The summed E-state index contributed by atoms with van der Waals surface area (Å²) in [5, 5.41) is 3.52. The van der Waals surface area contributed by atoms with Crippen LogP contribution >= 0.6 is 11.6 Å². The van der Waals surface area contributed by atoms with Crippen molar-refractivity contribution in [3.63, 3.8) is 0 Å². The normalized spacial score (nSPS) is 10.3. The fraction of sp³-hybridized carbons (Fsp3) is 0.316. The molecule has 2 rings (SSSR count). The van der Waals surface area contributed by atoms with Crippen LogP contribution in [0.1, 0.15) is 24.5 Å². The first-order valence-corrected chi connectivity index (χ1v) is 8.29. The van der Waals surface area contributed by atoms with Gasteiger partial charge in [0.2, 0.25) is 0 Å². The van der Waals surface area contributed by atoms with E-state index in [0.29, 0.717) is 18.0 Å². The van der Waals surface area contributed by atoms with Gasteiger partial charge in [-0.2, -0.15) is 0 Å². The Balaban J connectivity index is 1.92. The Kier molecular flexibility index (Phi) is 6.50. The smallest absolute Gasteiger partial charge is 0.262 e. The van der Waals surface area contributed by atoms with Crippen LogP contribution in [0.4, 0.5) is 5.69 Å². The topological polar surface area (TPSA) is 47.6 Å². The highest BCUT2D eigenvalue weighted by molar-refractivity contribution is 6.32. The second kappa shape index (κ2) is 8.60. The predicted molar refractivity (Wildman–Crippen MR) is 97.3 cm³/mol. The zero-order chi connectivity index (χ0) is 17.5. The number of anilines is 1. The van der Waals surface area contributed by atoms with Gasteiger partial charge in [-0.3, -0.25) is 4.79 Å². The second-order valence-corrected chi connectivity index (χ2v) is 5.96. The molecule has 0 heterocycles. The Labute approximate surface area is 147 Å². The number of nitrogens with one attached hydrogen (secondary N) is 1. The van der Waals surface area contributed by atoms with Crippen molar-refractivity contribution in [3.05, 3.63) is 52.5 Å². The number of halogens is 1. The molecule has 24 heavy (non-hydrogen) atoms. The maximum absolute atomic E-state index is 12.0. The van der Waals surface area contributed by atoms with Crippen LogP contribution in [0.5, 0.6) is 11.5 Å². The zero-order valence-corrected chi connectivity index (χ0v) is 14.9. The third kappa shape index (κ3) is 5.17. The molecule has 0 bridgehead atoms. The van der Waals surface area contributed by atoms with Gasteiger partial charge in [0, 0.05) is 16.8 Å². The van der Waals surface area contributed by atoms with Gasteiger partial charge in [-0.25, -0.2) is 0 Å². The summed E-state index contributed by atoms with van der Waals surface area (Å²) in [6.07, 6.45) is 0.935. The Morgan fingerprint density at radius 1 is 1.08 bits per heavy atom. The molecule has 0 saturated carbocycles. The van der Waals surface area contributed by atoms with Crippen molar-refractivity contribution in [1.29, 1.82) is 0 Å². The molecule has 0 saturated heterocycles. The van der Waals surface area contributed by atoms with Crippen LogP contribution in [-0.2, 0) is 4.79 Å². The quantitative estimate of drug-likeness (QED) is 0.785. The zero-order valence-electron chi connectivity index (χ0n) is 14.2. The molecule has 4 nitrogen and oxygen atoms in total. The van der Waals surface area contributed by atoms with Gasteiger partial charge < -0.3 is 14.8 Å². The average Bonchev–Trinajstić information content (AvgIpc) is 2.56. The average molecular weight is 348 g/mol. The van der Waals surface area contributed by atoms with E-state index >= 15 is 0 Å². The number of hydrogen-bond acceptors (Lipinski definition) is 3. The van der Waals surface area contributed by atoms with E-state index in [9.17, 15) is 4.79 Å². The molecule has 0 aliphatic heterocycles. The number of aryl methyl sites for hydroxylation is 2. The first-order chi connectivity index (χ1) is 11.5. The van der Waals surface area contributed by atoms with E-state index in [1.165, 1.54) is 0 Å². The highest BCUT2D eigenvalue weighted by Crippen LogP contribution is 2.26. The fourth-order valence-corrected chi connectivity index (χ4v) is 2.33. The molecule has 1 amide bonds. The number of benzene rings is 2. The highest BCUT2D eigenvalue weighted by atomic mass is 35.5. The first kappa shape index (κ1) is 18.1. The van der Waals surface area contributed by atoms with E-state index in [1.807, 2.05) is 51.1 Å². The van der Waals surface area contributed by atoms with Crippen LogP contribution in [0.15, 0.2) is 36.4 Å². The van der Waals surface area contributed by atoms with Gasteiger partial charge in [0.05, 0.1) is 6.61 Å². The maximum atomic E-state index is 12.0. The van der Waals surface area contributed by atoms with Gasteiger partial charge in [0.15, 0.2) is 6.61 Å². The van der Waals surface area contributed by atoms with Crippen molar-refractivity contribution >= 4 is 23.2 Å². The van der Waals surface area contributed by atoms with E-state index < -0.39 is 0 Å². The predicted octanol–water partition coefficient (Wildman–Crippen LogP) is 4.76. The number of rotatable bonds is 7. The summed E-state index contributed by atoms with van der Waals surface area (Å²) in [5.41, 5.74) is 2.53. The van der Waals surface area contributed by atoms with E-state index in [2.05, 4.69) is 5.32 Å². The molecule has 2 aromatic rings. The van der Waals surface area contributed by atoms with Gasteiger partial charge in [-0.15, -0.1) is 0 Å². The molecule has 5 heteroatoms. The summed E-state index contributed by atoms with van der Waals surface area (Å²) >= 11 is 6.12. The Bertz CT molecular complexity index is 693. The summed E-state index contributed by atoms with van der Waals surface area (Å²) in [6, 6.07) is 11.0. The molecule has 1 N–H and O–H groups in total. The van der Waals surface area contributed by atoms with Crippen molar-refractivity contribution in [2.75, 3.05) is 18.5 Å². The molecule has 2 aromatic carbocycles. The number of hydrogen-bond donors (Lipinski definition) is 1. The highest BCUT2D eigenvalue weighted by Gasteiger charge is 2.07. The van der Waals surface area contributed by atoms with Crippen LogP contribution in [0.25, 0.3) is 0 Å². The van der Waals surface area contributed by atoms with Gasteiger partial charge in [-0.05, 0) is 55.7 Å². The molecule has 0 radical (unpaired) electrons. The minimum atomic E-state index is -0.229. The molecule has 128 valence electrons. The lowest BCUT2D eigenvalue weighted by Crippen LogP contribution is -2.20. The Morgan fingerprint density at radius 2 is 1.79 bits per heavy atom. The SMILES string of the molecule is CCCOc1cccc(NC(=O)COc2cc(C)c(Cl)c(C)c2)c1. The van der Waals surface area contributed by atoms with E-state index in [1.54, 1.807) is 6.07 Å². The minimum Gasteiger partial charge on any atom is -0.494 e. The molecule has 0 aliphatic rings. The maximum Gasteiger partial charge on any atom is 0.262 e. The van der Waals surface area contributed by atoms with E-state index in [-0.39, 0.29) is 12.5 Å². The van der Waals surface area contributed by atoms with Crippen LogP contribution in [0.3, 0.4) is 0 Å². The lowest BCUT2D eigenvalue weighted by atomic mass is 10.1. The van der Waals surface area contributed by atoms with Gasteiger partial charge in [0.25, 0.3) is 5.91 Å². The van der Waals surface area contributed by atoms with Gasteiger partial charge >= 0.3 is 0 Å². The summed E-state index contributed by atoms with van der Waals surface area (Å²) < 4.78 is 11.1. The van der Waals surface area contributed by atoms with E-state index in [4.69, 9.17) is 21.1 Å². The molecular formula is C19H22ClNO3. The molecular weight excluding hydrogens is 326 g/mol. The van der Waals surface area contributed by atoms with Crippen molar-refractivity contribution in [3.8, 4) is 11.5 Å². The number of ether oxygens (including phenoxy) is 2. The molecule has 0 spiro atoms. The Hall–Kier alpha value is -2.20. The first-order valence-electron chi connectivity index (χ1n) is 7.92. The van der Waals surface area contributed by atoms with Crippen molar-refractivity contribution < 1.29 is 14.3 Å². The Morgan fingerprint density at radius 3 is 2.46 bits per heavy atom. The largest absolute Gasteiger partial charge is 0.494 e. The summed E-state index contributed by atoms with van der Waals surface area (Å²) in [6.45, 7) is 6.44. The van der Waals surface area contributed by atoms with E-state index in [0.717, 1.165) is 28.3 Å². The lowest BCUT2D eigenvalue weighted by Gasteiger charge is -2.11. The summed E-state index contributed by atoms with van der Waals surface area (Å²) in [7, 11) is 0. The summed E-state index contributed by atoms with van der Waals surface area (Å²) in [5.74, 6) is 1.14. The second-order valence-electron chi connectivity index (χ2n) is 5.58. The van der Waals surface area contributed by atoms with Crippen LogP contribution < -0.4 is 14.8 Å². The monoisotopic (exact) mass is 347 g/mol. The third-order valence-electron chi connectivity index (χ3n) is 3.37. The molecule has 0 unspecified atom stereocenters. The van der Waals surface area contributed by atoms with Gasteiger partial charge in [-0.1, -0.05) is 24.6 Å². The lowest BCUT2D eigenvalue weighted by molar-refractivity contribution is -0.118. The molecule has 0 aliphatic carbocycles. The fourth-order valence-electron chi connectivity index (χ4n) is 2.22. The van der Waals surface area contributed by atoms with Crippen LogP contribution in [0.2, 0.25) is 5.02 Å². The molecule has 0 fully saturated rings. The third-order valence-corrected chi connectivity index (χ3v) is 3.97. The molecule has 0 atom stereocenters. The molecule has 0 aromatic heterocycles. The number of amides is 1.